The minimum Gasteiger partial charge on any atom is -0.451 e. The summed E-state index contributed by atoms with van der Waals surface area (Å²) in [6.45, 7) is 2.90. The van der Waals surface area contributed by atoms with Gasteiger partial charge < -0.3 is 15.0 Å². The molecule has 0 saturated carbocycles. The van der Waals surface area contributed by atoms with Crippen molar-refractivity contribution in [3.8, 4) is 0 Å². The van der Waals surface area contributed by atoms with Crippen LogP contribution in [0.25, 0.3) is 0 Å². The fourth-order valence-corrected chi connectivity index (χ4v) is 3.73. The number of anilines is 2. The molecule has 0 radical (unpaired) electrons. The summed E-state index contributed by atoms with van der Waals surface area (Å²) in [5, 5.41) is 2.69. The van der Waals surface area contributed by atoms with Gasteiger partial charge >= 0.3 is 5.97 Å². The smallest absolute Gasteiger partial charge is 0.329 e. The molecule has 30 heavy (non-hydrogen) atoms. The Morgan fingerprint density at radius 2 is 1.57 bits per heavy atom. The maximum atomic E-state index is 12.6. The molecule has 3 rings (SSSR count). The Morgan fingerprint density at radius 1 is 1.03 bits per heavy atom. The number of esters is 1. The lowest BCUT2D eigenvalue weighted by molar-refractivity contribution is -0.163. The molecule has 8 nitrogen and oxygen atoms in total. The molecule has 8 heteroatoms. The molecule has 1 aromatic rings. The van der Waals surface area contributed by atoms with Crippen molar-refractivity contribution in [2.24, 2.45) is 11.8 Å². The largest absolute Gasteiger partial charge is 0.451 e. The van der Waals surface area contributed by atoms with Crippen LogP contribution in [-0.2, 0) is 23.9 Å². The van der Waals surface area contributed by atoms with Crippen LogP contribution in [0.2, 0.25) is 0 Å². The van der Waals surface area contributed by atoms with E-state index in [9.17, 15) is 19.2 Å². The molecule has 1 aliphatic heterocycles. The summed E-state index contributed by atoms with van der Waals surface area (Å²) < 4.78 is 5.25. The Balaban J connectivity index is 1.58. The number of fused-ring (bicyclic) bond motifs is 1. The highest BCUT2D eigenvalue weighted by molar-refractivity contribution is 6.08. The van der Waals surface area contributed by atoms with E-state index in [1.165, 1.54) is 13.8 Å². The van der Waals surface area contributed by atoms with Crippen molar-refractivity contribution in [2.75, 3.05) is 24.3 Å². The highest BCUT2D eigenvalue weighted by Gasteiger charge is 2.50. The molecular weight excluding hydrogens is 386 g/mol. The van der Waals surface area contributed by atoms with Crippen LogP contribution >= 0.6 is 0 Å². The number of imide groups is 1. The number of carbonyl (C=O) groups is 4. The summed E-state index contributed by atoms with van der Waals surface area (Å²) in [6.07, 6.45) is 3.69. The second-order valence-electron chi connectivity index (χ2n) is 7.89. The zero-order valence-electron chi connectivity index (χ0n) is 17.6. The fraction of sp³-hybridized carbons (Fsp3) is 0.455. The number of hydrogen-bond acceptors (Lipinski definition) is 6. The van der Waals surface area contributed by atoms with Gasteiger partial charge in [-0.1, -0.05) is 12.2 Å². The summed E-state index contributed by atoms with van der Waals surface area (Å²) in [5.74, 6) is -2.81. The molecule has 1 saturated heterocycles. The molecule has 3 amide bonds. The Labute approximate surface area is 175 Å². The maximum Gasteiger partial charge on any atom is 0.329 e. The quantitative estimate of drug-likeness (QED) is 0.435. The van der Waals surface area contributed by atoms with Crippen LogP contribution in [0.1, 0.15) is 26.7 Å². The van der Waals surface area contributed by atoms with Crippen molar-refractivity contribution in [1.29, 1.82) is 0 Å². The first-order valence-electron chi connectivity index (χ1n) is 10.0. The van der Waals surface area contributed by atoms with Crippen LogP contribution in [0.3, 0.4) is 0 Å². The first kappa shape index (κ1) is 21.5. The topological polar surface area (TPSA) is 96.0 Å². The maximum absolute atomic E-state index is 12.6. The molecule has 0 aromatic heterocycles. The van der Waals surface area contributed by atoms with Crippen molar-refractivity contribution in [3.05, 3.63) is 36.4 Å². The normalized spacial score (nSPS) is 22.3. The Bertz CT molecular complexity index is 851. The lowest BCUT2D eigenvalue weighted by atomic mass is 9.85. The highest BCUT2D eigenvalue weighted by atomic mass is 16.5. The van der Waals surface area contributed by atoms with E-state index in [0.717, 1.165) is 10.6 Å². The SMILES string of the molecule is C[C@H](OC(=O)[C@@H](C)N1C(=O)[C@H]2CC=CC[C@H]2C1=O)C(=O)Nc1ccc(N(C)C)cc1. The van der Waals surface area contributed by atoms with E-state index in [-0.39, 0.29) is 11.8 Å². The van der Waals surface area contributed by atoms with Crippen LogP contribution in [0.5, 0.6) is 0 Å². The van der Waals surface area contributed by atoms with Gasteiger partial charge in [0.25, 0.3) is 5.91 Å². The summed E-state index contributed by atoms with van der Waals surface area (Å²) in [6, 6.07) is 6.13. The zero-order chi connectivity index (χ0) is 22.0. The van der Waals surface area contributed by atoms with Gasteiger partial charge in [-0.25, -0.2) is 4.79 Å². The van der Waals surface area contributed by atoms with Gasteiger partial charge in [0.2, 0.25) is 11.8 Å². The van der Waals surface area contributed by atoms with Crippen molar-refractivity contribution >= 4 is 35.1 Å². The average Bonchev–Trinajstić information content (AvgIpc) is 2.98. The predicted octanol–water partition coefficient (Wildman–Crippen LogP) is 1.96. The number of nitrogens with one attached hydrogen (secondary N) is 1. The Morgan fingerprint density at radius 3 is 2.07 bits per heavy atom. The minimum absolute atomic E-state index is 0.350. The first-order valence-corrected chi connectivity index (χ1v) is 10.0. The molecule has 1 aromatic carbocycles. The van der Waals surface area contributed by atoms with Gasteiger partial charge in [0.15, 0.2) is 6.10 Å². The first-order chi connectivity index (χ1) is 14.2. The van der Waals surface area contributed by atoms with E-state index < -0.39 is 35.9 Å². The van der Waals surface area contributed by atoms with E-state index in [0.29, 0.717) is 18.5 Å². The molecule has 2 aliphatic rings. The number of hydrogen-bond donors (Lipinski definition) is 1. The number of ether oxygens (including phenoxy) is 1. The van der Waals surface area contributed by atoms with E-state index >= 15 is 0 Å². The number of allylic oxidation sites excluding steroid dienone is 2. The molecule has 0 spiro atoms. The average molecular weight is 413 g/mol. The number of nitrogens with zero attached hydrogens (tertiary/aromatic N) is 2. The van der Waals surface area contributed by atoms with Gasteiger partial charge in [-0.3, -0.25) is 19.3 Å². The molecular formula is C22H27N3O5. The molecule has 4 atom stereocenters. The van der Waals surface area contributed by atoms with E-state index in [1.54, 1.807) is 12.1 Å². The van der Waals surface area contributed by atoms with Crippen LogP contribution < -0.4 is 10.2 Å². The fourth-order valence-electron chi connectivity index (χ4n) is 3.73. The predicted molar refractivity (Wildman–Crippen MR) is 112 cm³/mol. The number of likely N-dealkylation sites (tertiary alicyclic amines) is 1. The molecule has 160 valence electrons. The molecule has 0 bridgehead atoms. The third kappa shape index (κ3) is 4.22. The standard InChI is InChI=1S/C22H27N3O5/c1-13(25-20(27)17-7-5-6-8-18(17)21(25)28)22(29)30-14(2)19(26)23-15-9-11-16(12-10-15)24(3)4/h5-6,9-14,17-18H,7-8H2,1-4H3,(H,23,26)/t13-,14+,17-,18+/m1/s1. The van der Waals surface area contributed by atoms with Crippen LogP contribution in [0, 0.1) is 11.8 Å². The van der Waals surface area contributed by atoms with Crippen molar-refractivity contribution < 1.29 is 23.9 Å². The second-order valence-corrected chi connectivity index (χ2v) is 7.89. The van der Waals surface area contributed by atoms with Gasteiger partial charge in [-0.2, -0.15) is 0 Å². The monoisotopic (exact) mass is 413 g/mol. The highest BCUT2D eigenvalue weighted by Crippen LogP contribution is 2.36. The summed E-state index contributed by atoms with van der Waals surface area (Å²) >= 11 is 0. The van der Waals surface area contributed by atoms with Crippen molar-refractivity contribution in [2.45, 2.75) is 38.8 Å². The van der Waals surface area contributed by atoms with Crippen LogP contribution in [-0.4, -0.2) is 54.8 Å². The van der Waals surface area contributed by atoms with Crippen molar-refractivity contribution in [3.63, 3.8) is 0 Å². The zero-order valence-corrected chi connectivity index (χ0v) is 17.6. The van der Waals surface area contributed by atoms with Gasteiger partial charge in [-0.05, 0) is 51.0 Å². The Hall–Kier alpha value is -3.16. The molecule has 1 N–H and O–H groups in total. The molecule has 1 fully saturated rings. The van der Waals surface area contributed by atoms with Crippen LogP contribution in [0.15, 0.2) is 36.4 Å². The minimum atomic E-state index is -1.08. The Kier molecular flexibility index (Phi) is 6.24. The number of carbonyl (C=O) groups excluding carboxylic acids is 4. The summed E-state index contributed by atoms with van der Waals surface area (Å²) in [7, 11) is 3.83. The third-order valence-corrected chi connectivity index (χ3v) is 5.58. The van der Waals surface area contributed by atoms with E-state index in [1.807, 2.05) is 43.3 Å². The lowest BCUT2D eigenvalue weighted by Crippen LogP contribution is -2.46. The number of benzene rings is 1. The number of amides is 3. The van der Waals surface area contributed by atoms with E-state index in [2.05, 4.69) is 5.32 Å². The van der Waals surface area contributed by atoms with Gasteiger partial charge in [0, 0.05) is 25.5 Å². The molecule has 1 heterocycles. The summed E-state index contributed by atoms with van der Waals surface area (Å²) in [5.41, 5.74) is 1.56. The van der Waals surface area contributed by atoms with Gasteiger partial charge in [-0.15, -0.1) is 0 Å². The molecule has 0 unspecified atom stereocenters. The number of rotatable bonds is 6. The summed E-state index contributed by atoms with van der Waals surface area (Å²) in [4.78, 5) is 53.1. The van der Waals surface area contributed by atoms with E-state index in [4.69, 9.17) is 4.74 Å². The van der Waals surface area contributed by atoms with Gasteiger partial charge in [0.05, 0.1) is 11.8 Å². The lowest BCUT2D eigenvalue weighted by Gasteiger charge is -2.23. The third-order valence-electron chi connectivity index (χ3n) is 5.58. The van der Waals surface area contributed by atoms with Gasteiger partial charge in [0.1, 0.15) is 6.04 Å². The molecule has 1 aliphatic carbocycles. The van der Waals surface area contributed by atoms with Crippen molar-refractivity contribution in [1.82, 2.24) is 4.90 Å². The second kappa shape index (κ2) is 8.69. The van der Waals surface area contributed by atoms with Crippen LogP contribution in [0.4, 0.5) is 11.4 Å².